The Bertz CT molecular complexity index is 523. The lowest BCUT2D eigenvalue weighted by atomic mass is 10.1. The molecule has 4 nitrogen and oxygen atoms in total. The fraction of sp³-hybridized carbons (Fsp3) is 0.400. The van der Waals surface area contributed by atoms with Crippen molar-refractivity contribution in [1.82, 2.24) is 0 Å². The van der Waals surface area contributed by atoms with Crippen LogP contribution in [0.2, 0.25) is 0 Å². The highest BCUT2D eigenvalue weighted by atomic mass is 16.5. The van der Waals surface area contributed by atoms with Crippen LogP contribution in [0.1, 0.15) is 24.0 Å². The summed E-state index contributed by atoms with van der Waals surface area (Å²) in [4.78, 5) is 12.0. The van der Waals surface area contributed by atoms with Crippen molar-refractivity contribution >= 4 is 11.6 Å². The molecule has 1 atom stereocenters. The lowest BCUT2D eigenvalue weighted by molar-refractivity contribution is -0.124. The number of anilines is 1. The zero-order chi connectivity index (χ0) is 13.7. The number of ether oxygens (including phenoxy) is 1. The molecule has 1 unspecified atom stereocenters. The Hall–Kier alpha value is -1.83. The summed E-state index contributed by atoms with van der Waals surface area (Å²) in [6, 6.07) is 5.76. The Labute approximate surface area is 113 Å². The SMILES string of the molecule is Cc1ccc(C#CCN)c(NC(=O)C2CCCO2)c1. The third kappa shape index (κ3) is 3.57. The number of nitrogens with one attached hydrogen (secondary N) is 1. The molecule has 1 aliphatic heterocycles. The quantitative estimate of drug-likeness (QED) is 0.789. The van der Waals surface area contributed by atoms with Gasteiger partial charge in [0.2, 0.25) is 0 Å². The van der Waals surface area contributed by atoms with Gasteiger partial charge < -0.3 is 15.8 Å². The first-order chi connectivity index (χ1) is 9.20. The van der Waals surface area contributed by atoms with Gasteiger partial charge in [-0.15, -0.1) is 0 Å². The molecule has 100 valence electrons. The highest BCUT2D eigenvalue weighted by Crippen LogP contribution is 2.19. The fourth-order valence-corrected chi connectivity index (χ4v) is 2.01. The van der Waals surface area contributed by atoms with Crippen LogP contribution in [0.25, 0.3) is 0 Å². The summed E-state index contributed by atoms with van der Waals surface area (Å²) in [5.41, 5.74) is 7.95. The van der Waals surface area contributed by atoms with Gasteiger partial charge in [0.25, 0.3) is 5.91 Å². The Morgan fingerprint density at radius 3 is 3.11 bits per heavy atom. The van der Waals surface area contributed by atoms with Gasteiger partial charge in [0.05, 0.1) is 12.2 Å². The van der Waals surface area contributed by atoms with Crippen LogP contribution in [0.5, 0.6) is 0 Å². The normalized spacial score (nSPS) is 17.7. The summed E-state index contributed by atoms with van der Waals surface area (Å²) in [6.07, 6.45) is 1.38. The molecule has 0 aromatic heterocycles. The maximum Gasteiger partial charge on any atom is 0.253 e. The van der Waals surface area contributed by atoms with Gasteiger partial charge in [0, 0.05) is 12.2 Å². The van der Waals surface area contributed by atoms with Crippen LogP contribution in [0, 0.1) is 18.8 Å². The summed E-state index contributed by atoms with van der Waals surface area (Å²) >= 11 is 0. The van der Waals surface area contributed by atoms with Gasteiger partial charge in [-0.2, -0.15) is 0 Å². The van der Waals surface area contributed by atoms with Gasteiger partial charge in [-0.05, 0) is 37.5 Å². The fourth-order valence-electron chi connectivity index (χ4n) is 2.01. The smallest absolute Gasteiger partial charge is 0.253 e. The maximum atomic E-state index is 12.0. The van der Waals surface area contributed by atoms with Gasteiger partial charge in [0.15, 0.2) is 0 Å². The summed E-state index contributed by atoms with van der Waals surface area (Å²) in [6.45, 7) is 2.93. The summed E-state index contributed by atoms with van der Waals surface area (Å²) in [5, 5.41) is 2.89. The second-order valence-corrected chi connectivity index (χ2v) is 4.55. The number of carbonyl (C=O) groups excluding carboxylic acids is 1. The predicted octanol–water partition coefficient (Wildman–Crippen LogP) is 1.42. The van der Waals surface area contributed by atoms with Crippen LogP contribution in [-0.2, 0) is 9.53 Å². The summed E-state index contributed by atoms with van der Waals surface area (Å²) < 4.78 is 5.37. The van der Waals surface area contributed by atoms with Crippen molar-refractivity contribution in [1.29, 1.82) is 0 Å². The molecular weight excluding hydrogens is 240 g/mol. The lowest BCUT2D eigenvalue weighted by Gasteiger charge is -2.12. The second kappa shape index (κ2) is 6.37. The molecule has 0 aliphatic carbocycles. The van der Waals surface area contributed by atoms with Crippen molar-refractivity contribution in [2.45, 2.75) is 25.9 Å². The van der Waals surface area contributed by atoms with Gasteiger partial charge in [-0.3, -0.25) is 4.79 Å². The lowest BCUT2D eigenvalue weighted by Crippen LogP contribution is -2.27. The molecule has 3 N–H and O–H groups in total. The monoisotopic (exact) mass is 258 g/mol. The van der Waals surface area contributed by atoms with Crippen LogP contribution < -0.4 is 11.1 Å². The van der Waals surface area contributed by atoms with E-state index in [9.17, 15) is 4.79 Å². The number of carbonyl (C=O) groups is 1. The van der Waals surface area contributed by atoms with Gasteiger partial charge >= 0.3 is 0 Å². The highest BCUT2D eigenvalue weighted by molar-refractivity contribution is 5.95. The number of amides is 1. The number of hydrogen-bond donors (Lipinski definition) is 2. The molecule has 1 aromatic carbocycles. The third-order valence-corrected chi connectivity index (χ3v) is 2.98. The van der Waals surface area contributed by atoms with Crippen LogP contribution in [-0.4, -0.2) is 25.2 Å². The number of aryl methyl sites for hydroxylation is 1. The van der Waals surface area contributed by atoms with Crippen molar-refractivity contribution in [2.75, 3.05) is 18.5 Å². The van der Waals surface area contributed by atoms with Crippen molar-refractivity contribution in [3.63, 3.8) is 0 Å². The number of rotatable bonds is 2. The molecule has 1 amide bonds. The van der Waals surface area contributed by atoms with Crippen LogP contribution in [0.4, 0.5) is 5.69 Å². The number of benzene rings is 1. The zero-order valence-corrected chi connectivity index (χ0v) is 11.0. The van der Waals surface area contributed by atoms with Crippen LogP contribution in [0.15, 0.2) is 18.2 Å². The van der Waals surface area contributed by atoms with Crippen molar-refractivity contribution in [2.24, 2.45) is 5.73 Å². The minimum Gasteiger partial charge on any atom is -0.368 e. The molecule has 2 rings (SSSR count). The standard InChI is InChI=1S/C15H18N2O2/c1-11-6-7-12(4-2-8-16)13(10-11)17-15(18)14-5-3-9-19-14/h6-7,10,14H,3,5,8-9,16H2,1H3,(H,17,18). The Kier molecular flexibility index (Phi) is 4.56. The van der Waals surface area contributed by atoms with Crippen molar-refractivity contribution in [3.8, 4) is 11.8 Å². The van der Waals surface area contributed by atoms with Crippen LogP contribution >= 0.6 is 0 Å². The van der Waals surface area contributed by atoms with Gasteiger partial charge in [0.1, 0.15) is 6.10 Å². The average Bonchev–Trinajstić information content (AvgIpc) is 2.92. The molecule has 19 heavy (non-hydrogen) atoms. The molecule has 1 aliphatic rings. The van der Waals surface area contributed by atoms with E-state index in [2.05, 4.69) is 17.2 Å². The molecule has 0 spiro atoms. The Morgan fingerprint density at radius 1 is 1.58 bits per heavy atom. The van der Waals surface area contributed by atoms with E-state index in [1.165, 1.54) is 0 Å². The third-order valence-electron chi connectivity index (χ3n) is 2.98. The zero-order valence-electron chi connectivity index (χ0n) is 11.0. The number of nitrogens with two attached hydrogens (primary N) is 1. The molecule has 0 bridgehead atoms. The minimum atomic E-state index is -0.337. The summed E-state index contributed by atoms with van der Waals surface area (Å²) in [5.74, 6) is 5.67. The average molecular weight is 258 g/mol. The first kappa shape index (κ1) is 13.6. The maximum absolute atomic E-state index is 12.0. The van der Waals surface area contributed by atoms with E-state index in [0.717, 1.165) is 29.7 Å². The van der Waals surface area contributed by atoms with E-state index in [0.29, 0.717) is 13.2 Å². The second-order valence-electron chi connectivity index (χ2n) is 4.55. The van der Waals surface area contributed by atoms with E-state index < -0.39 is 0 Å². The molecule has 1 fully saturated rings. The topological polar surface area (TPSA) is 64.3 Å². The molecular formula is C15H18N2O2. The number of hydrogen-bond acceptors (Lipinski definition) is 3. The van der Waals surface area contributed by atoms with E-state index in [1.54, 1.807) is 0 Å². The van der Waals surface area contributed by atoms with Gasteiger partial charge in [-0.25, -0.2) is 0 Å². The largest absolute Gasteiger partial charge is 0.368 e. The highest BCUT2D eigenvalue weighted by Gasteiger charge is 2.23. The first-order valence-corrected chi connectivity index (χ1v) is 6.43. The predicted molar refractivity (Wildman–Crippen MR) is 74.7 cm³/mol. The molecule has 4 heteroatoms. The van der Waals surface area contributed by atoms with E-state index in [4.69, 9.17) is 10.5 Å². The summed E-state index contributed by atoms with van der Waals surface area (Å²) in [7, 11) is 0. The molecule has 1 aromatic rings. The van der Waals surface area contributed by atoms with E-state index in [-0.39, 0.29) is 12.0 Å². The molecule has 0 radical (unpaired) electrons. The molecule has 0 saturated carbocycles. The molecule has 1 saturated heterocycles. The van der Waals surface area contributed by atoms with E-state index in [1.807, 2.05) is 25.1 Å². The van der Waals surface area contributed by atoms with E-state index >= 15 is 0 Å². The van der Waals surface area contributed by atoms with Crippen molar-refractivity contribution < 1.29 is 9.53 Å². The minimum absolute atomic E-state index is 0.0982. The van der Waals surface area contributed by atoms with Gasteiger partial charge in [-0.1, -0.05) is 17.9 Å². The Morgan fingerprint density at radius 2 is 2.42 bits per heavy atom. The van der Waals surface area contributed by atoms with Crippen molar-refractivity contribution in [3.05, 3.63) is 29.3 Å². The molecule has 1 heterocycles. The van der Waals surface area contributed by atoms with Crippen LogP contribution in [0.3, 0.4) is 0 Å². The Balaban J connectivity index is 2.17. The first-order valence-electron chi connectivity index (χ1n) is 6.43.